The first-order chi connectivity index (χ1) is 5.65. The van der Waals surface area contributed by atoms with Crippen molar-refractivity contribution in [2.45, 2.75) is 26.2 Å². The van der Waals surface area contributed by atoms with E-state index in [1.54, 1.807) is 0 Å². The van der Waals surface area contributed by atoms with Crippen LogP contribution in [-0.2, 0) is 4.79 Å². The van der Waals surface area contributed by atoms with E-state index in [4.69, 9.17) is 11.6 Å². The van der Waals surface area contributed by atoms with Crippen LogP contribution >= 0.6 is 11.6 Å². The van der Waals surface area contributed by atoms with Crippen LogP contribution in [0, 0.1) is 11.8 Å². The minimum absolute atomic E-state index is 0.254. The summed E-state index contributed by atoms with van der Waals surface area (Å²) in [5.41, 5.74) is 1.02. The third kappa shape index (κ3) is 2.10. The zero-order chi connectivity index (χ0) is 9.14. The maximum absolute atomic E-state index is 11.3. The summed E-state index contributed by atoms with van der Waals surface area (Å²) in [5.74, 6) is 1.47. The number of carbonyl (C=O) groups excluding carboxylic acids is 1. The SMILES string of the molecule is C=C(CCl)[C@@H]1CCC(C)C(=O)C1. The number of hydrogen-bond acceptors (Lipinski definition) is 1. The first-order valence-electron chi connectivity index (χ1n) is 4.41. The van der Waals surface area contributed by atoms with Crippen LogP contribution in [0.25, 0.3) is 0 Å². The molecule has 2 heteroatoms. The highest BCUT2D eigenvalue weighted by Gasteiger charge is 2.26. The average Bonchev–Trinajstić information content (AvgIpc) is 2.08. The Bertz CT molecular complexity index is 196. The standard InChI is InChI=1S/C10H15ClO/c1-7-3-4-9(5-10(7)12)8(2)6-11/h7,9H,2-6H2,1H3/t7?,9-/m1/s1. The molecule has 1 saturated carbocycles. The second-order valence-corrected chi connectivity index (χ2v) is 3.90. The summed E-state index contributed by atoms with van der Waals surface area (Å²) in [6.07, 6.45) is 2.74. The molecule has 0 heterocycles. The quantitative estimate of drug-likeness (QED) is 0.479. The van der Waals surface area contributed by atoms with E-state index in [2.05, 4.69) is 6.58 Å². The molecular weight excluding hydrogens is 172 g/mol. The van der Waals surface area contributed by atoms with Crippen LogP contribution in [0.5, 0.6) is 0 Å². The molecule has 0 aromatic carbocycles. The summed E-state index contributed by atoms with van der Waals surface area (Å²) in [6.45, 7) is 5.87. The lowest BCUT2D eigenvalue weighted by Gasteiger charge is -2.25. The lowest BCUT2D eigenvalue weighted by atomic mass is 9.79. The molecule has 68 valence electrons. The Labute approximate surface area is 78.8 Å². The summed E-state index contributed by atoms with van der Waals surface area (Å²) in [5, 5.41) is 0. The van der Waals surface area contributed by atoms with Gasteiger partial charge in [0, 0.05) is 18.2 Å². The van der Waals surface area contributed by atoms with Gasteiger partial charge in [-0.25, -0.2) is 0 Å². The van der Waals surface area contributed by atoms with E-state index in [0.29, 0.717) is 24.0 Å². The van der Waals surface area contributed by atoms with Gasteiger partial charge >= 0.3 is 0 Å². The Morgan fingerprint density at radius 2 is 2.33 bits per heavy atom. The van der Waals surface area contributed by atoms with Crippen LogP contribution in [-0.4, -0.2) is 11.7 Å². The minimum Gasteiger partial charge on any atom is -0.299 e. The van der Waals surface area contributed by atoms with Gasteiger partial charge in [-0.15, -0.1) is 11.6 Å². The van der Waals surface area contributed by atoms with Crippen LogP contribution in [0.3, 0.4) is 0 Å². The van der Waals surface area contributed by atoms with E-state index in [0.717, 1.165) is 18.4 Å². The summed E-state index contributed by atoms with van der Waals surface area (Å²) >= 11 is 5.66. The van der Waals surface area contributed by atoms with Gasteiger partial charge in [-0.3, -0.25) is 4.79 Å². The van der Waals surface area contributed by atoms with E-state index in [-0.39, 0.29) is 5.92 Å². The van der Waals surface area contributed by atoms with Crippen LogP contribution in [0.2, 0.25) is 0 Å². The van der Waals surface area contributed by atoms with Crippen LogP contribution in [0.15, 0.2) is 12.2 Å². The molecule has 0 spiro atoms. The Hall–Kier alpha value is -0.300. The third-order valence-electron chi connectivity index (χ3n) is 2.69. The van der Waals surface area contributed by atoms with Gasteiger partial charge < -0.3 is 0 Å². The summed E-state index contributed by atoms with van der Waals surface area (Å²) in [6, 6.07) is 0. The highest BCUT2D eigenvalue weighted by Crippen LogP contribution is 2.30. The second-order valence-electron chi connectivity index (χ2n) is 3.64. The molecule has 0 bridgehead atoms. The molecule has 0 radical (unpaired) electrons. The maximum Gasteiger partial charge on any atom is 0.136 e. The Morgan fingerprint density at radius 1 is 1.67 bits per heavy atom. The third-order valence-corrected chi connectivity index (χ3v) is 3.04. The van der Waals surface area contributed by atoms with Crippen molar-refractivity contribution in [1.29, 1.82) is 0 Å². The molecule has 1 fully saturated rings. The van der Waals surface area contributed by atoms with Crippen molar-refractivity contribution in [3.63, 3.8) is 0 Å². The summed E-state index contributed by atoms with van der Waals surface area (Å²) in [4.78, 5) is 11.3. The lowest BCUT2D eigenvalue weighted by Crippen LogP contribution is -2.23. The minimum atomic E-state index is 0.254. The van der Waals surface area contributed by atoms with Gasteiger partial charge in [-0.05, 0) is 18.8 Å². The van der Waals surface area contributed by atoms with Gasteiger partial charge in [0.1, 0.15) is 5.78 Å². The van der Waals surface area contributed by atoms with E-state index < -0.39 is 0 Å². The first kappa shape index (κ1) is 9.79. The lowest BCUT2D eigenvalue weighted by molar-refractivity contribution is -0.124. The summed E-state index contributed by atoms with van der Waals surface area (Å²) < 4.78 is 0. The Kier molecular flexibility index (Phi) is 3.33. The van der Waals surface area contributed by atoms with E-state index in [1.807, 2.05) is 6.92 Å². The molecule has 1 unspecified atom stereocenters. The van der Waals surface area contributed by atoms with Crippen molar-refractivity contribution < 1.29 is 4.79 Å². The van der Waals surface area contributed by atoms with Gasteiger partial charge in [0.2, 0.25) is 0 Å². The molecule has 1 aliphatic rings. The smallest absolute Gasteiger partial charge is 0.136 e. The van der Waals surface area contributed by atoms with Crippen molar-refractivity contribution in [2.24, 2.45) is 11.8 Å². The number of ketones is 1. The Morgan fingerprint density at radius 3 is 2.83 bits per heavy atom. The topological polar surface area (TPSA) is 17.1 Å². The molecule has 0 aliphatic heterocycles. The van der Waals surface area contributed by atoms with Crippen molar-refractivity contribution in [1.82, 2.24) is 0 Å². The van der Waals surface area contributed by atoms with E-state index in [1.165, 1.54) is 0 Å². The van der Waals surface area contributed by atoms with Crippen LogP contribution in [0.1, 0.15) is 26.2 Å². The molecule has 1 nitrogen and oxygen atoms in total. The van der Waals surface area contributed by atoms with Crippen molar-refractivity contribution in [3.8, 4) is 0 Å². The molecule has 12 heavy (non-hydrogen) atoms. The number of halogens is 1. The zero-order valence-corrected chi connectivity index (χ0v) is 8.23. The number of hydrogen-bond donors (Lipinski definition) is 0. The first-order valence-corrected chi connectivity index (χ1v) is 4.95. The van der Waals surface area contributed by atoms with Crippen molar-refractivity contribution >= 4 is 17.4 Å². The molecule has 0 saturated heterocycles. The predicted molar refractivity (Wildman–Crippen MR) is 51.4 cm³/mol. The number of alkyl halides is 1. The fraction of sp³-hybridized carbons (Fsp3) is 0.700. The summed E-state index contributed by atoms with van der Waals surface area (Å²) in [7, 11) is 0. The zero-order valence-electron chi connectivity index (χ0n) is 7.48. The molecule has 0 N–H and O–H groups in total. The van der Waals surface area contributed by atoms with Gasteiger partial charge in [-0.2, -0.15) is 0 Å². The van der Waals surface area contributed by atoms with Gasteiger partial charge in [0.25, 0.3) is 0 Å². The fourth-order valence-corrected chi connectivity index (χ4v) is 1.83. The number of allylic oxidation sites excluding steroid dienone is 1. The van der Waals surface area contributed by atoms with Gasteiger partial charge in [-0.1, -0.05) is 19.1 Å². The monoisotopic (exact) mass is 186 g/mol. The fourth-order valence-electron chi connectivity index (χ4n) is 1.62. The number of Topliss-reactive ketones (excluding diaryl/α,β-unsaturated/α-hetero) is 1. The molecule has 0 aromatic heterocycles. The number of rotatable bonds is 2. The highest BCUT2D eigenvalue weighted by molar-refractivity contribution is 6.19. The average molecular weight is 187 g/mol. The van der Waals surface area contributed by atoms with E-state index in [9.17, 15) is 4.79 Å². The largest absolute Gasteiger partial charge is 0.299 e. The molecule has 1 aliphatic carbocycles. The predicted octanol–water partition coefficient (Wildman–Crippen LogP) is 2.79. The molecule has 0 aromatic rings. The van der Waals surface area contributed by atoms with Crippen molar-refractivity contribution in [3.05, 3.63) is 12.2 Å². The molecular formula is C10H15ClO. The normalized spacial score (nSPS) is 30.3. The van der Waals surface area contributed by atoms with Gasteiger partial charge in [0.05, 0.1) is 0 Å². The molecule has 2 atom stereocenters. The second kappa shape index (κ2) is 4.08. The van der Waals surface area contributed by atoms with E-state index >= 15 is 0 Å². The van der Waals surface area contributed by atoms with Gasteiger partial charge in [0.15, 0.2) is 0 Å². The Balaban J connectivity index is 2.51. The maximum atomic E-state index is 11.3. The molecule has 1 rings (SSSR count). The van der Waals surface area contributed by atoms with Crippen molar-refractivity contribution in [2.75, 3.05) is 5.88 Å². The van der Waals surface area contributed by atoms with Crippen LogP contribution in [0.4, 0.5) is 0 Å². The van der Waals surface area contributed by atoms with Crippen LogP contribution < -0.4 is 0 Å². The molecule has 0 amide bonds. The number of carbonyl (C=O) groups is 1. The highest BCUT2D eigenvalue weighted by atomic mass is 35.5.